The van der Waals surface area contributed by atoms with Crippen LogP contribution in [0.5, 0.6) is 0 Å². The van der Waals surface area contributed by atoms with Gasteiger partial charge in [-0.1, -0.05) is 34.6 Å². The van der Waals surface area contributed by atoms with Crippen LogP contribution in [0, 0.1) is 5.92 Å². The predicted molar refractivity (Wildman–Crippen MR) is 58.5 cm³/mol. The fraction of sp³-hybridized carbons (Fsp3) is 1.00. The molecule has 2 unspecified atom stereocenters. The molecule has 0 bridgehead atoms. The summed E-state index contributed by atoms with van der Waals surface area (Å²) in [6, 6.07) is 0. The largest absolute Gasteiger partial charge is 0.176 e. The molecule has 1 aliphatic rings. The van der Waals surface area contributed by atoms with Gasteiger partial charge in [-0.2, -0.15) is 12.6 Å². The lowest BCUT2D eigenvalue weighted by atomic mass is 10.1. The van der Waals surface area contributed by atoms with E-state index in [9.17, 15) is 0 Å². The maximum absolute atomic E-state index is 4.35. The second kappa shape index (κ2) is 10.3. The molecule has 11 heavy (non-hydrogen) atoms. The van der Waals surface area contributed by atoms with E-state index in [0.29, 0.717) is 0 Å². The van der Waals surface area contributed by atoms with Crippen LogP contribution < -0.4 is 0 Å². The molecule has 0 spiro atoms. The Bertz CT molecular complexity index is 53.9. The predicted octanol–water partition coefficient (Wildman–Crippen LogP) is 4.16. The van der Waals surface area contributed by atoms with Crippen LogP contribution in [0.1, 0.15) is 53.9 Å². The minimum atomic E-state index is 0.718. The van der Waals surface area contributed by atoms with Crippen LogP contribution in [0.25, 0.3) is 0 Å². The zero-order valence-electron chi connectivity index (χ0n) is 8.72. The van der Waals surface area contributed by atoms with Gasteiger partial charge in [-0.05, 0) is 25.2 Å². The van der Waals surface area contributed by atoms with Gasteiger partial charge in [-0.3, -0.25) is 0 Å². The third kappa shape index (κ3) is 8.25. The van der Waals surface area contributed by atoms with E-state index in [2.05, 4.69) is 19.6 Å². The van der Waals surface area contributed by atoms with Gasteiger partial charge in [0.05, 0.1) is 0 Å². The standard InChI is InChI=1S/C6H12S.2C2H6/c1-5-2-3-6(7)4-5;2*1-2/h5-7H,2-4H2,1H3;2*1-2H3. The van der Waals surface area contributed by atoms with E-state index >= 15 is 0 Å². The van der Waals surface area contributed by atoms with Crippen molar-refractivity contribution in [2.24, 2.45) is 5.92 Å². The van der Waals surface area contributed by atoms with E-state index < -0.39 is 0 Å². The molecule has 0 aromatic carbocycles. The SMILES string of the molecule is CC.CC.CC1CCC(S)C1. The van der Waals surface area contributed by atoms with Gasteiger partial charge in [0.25, 0.3) is 0 Å². The normalized spacial score (nSPS) is 27.8. The Labute approximate surface area is 78.2 Å². The van der Waals surface area contributed by atoms with Gasteiger partial charge in [0.2, 0.25) is 0 Å². The average molecular weight is 176 g/mol. The van der Waals surface area contributed by atoms with Gasteiger partial charge in [-0.15, -0.1) is 0 Å². The van der Waals surface area contributed by atoms with Gasteiger partial charge in [0.1, 0.15) is 0 Å². The molecule has 0 saturated heterocycles. The molecule has 1 saturated carbocycles. The van der Waals surface area contributed by atoms with E-state index in [1.165, 1.54) is 19.3 Å². The highest BCUT2D eigenvalue weighted by atomic mass is 32.1. The summed E-state index contributed by atoms with van der Waals surface area (Å²) >= 11 is 4.35. The van der Waals surface area contributed by atoms with Gasteiger partial charge in [-0.25, -0.2) is 0 Å². The van der Waals surface area contributed by atoms with Crippen molar-refractivity contribution in [3.8, 4) is 0 Å². The van der Waals surface area contributed by atoms with Crippen molar-refractivity contribution < 1.29 is 0 Å². The molecule has 0 aliphatic heterocycles. The van der Waals surface area contributed by atoms with Crippen LogP contribution in [0.2, 0.25) is 0 Å². The molecule has 1 rings (SSSR count). The van der Waals surface area contributed by atoms with Crippen LogP contribution in [-0.2, 0) is 0 Å². The lowest BCUT2D eigenvalue weighted by Gasteiger charge is -1.95. The first kappa shape index (κ1) is 13.9. The second-order valence-electron chi connectivity index (χ2n) is 2.57. The summed E-state index contributed by atoms with van der Waals surface area (Å²) in [7, 11) is 0. The summed E-state index contributed by atoms with van der Waals surface area (Å²) in [6.45, 7) is 10.3. The number of hydrogen-bond acceptors (Lipinski definition) is 1. The third-order valence-electron chi connectivity index (χ3n) is 1.67. The first-order valence-electron chi connectivity index (χ1n) is 4.97. The third-order valence-corrected chi connectivity index (χ3v) is 2.14. The maximum Gasteiger partial charge on any atom is 0.00194 e. The average Bonchev–Trinajstić information content (AvgIpc) is 2.43. The highest BCUT2D eigenvalue weighted by Gasteiger charge is 2.16. The van der Waals surface area contributed by atoms with Crippen LogP contribution in [0.15, 0.2) is 0 Å². The number of hydrogen-bond donors (Lipinski definition) is 1. The minimum Gasteiger partial charge on any atom is -0.176 e. The van der Waals surface area contributed by atoms with Crippen LogP contribution in [0.3, 0.4) is 0 Å². The van der Waals surface area contributed by atoms with E-state index in [1.807, 2.05) is 27.7 Å². The Kier molecular flexibility index (Phi) is 13.1. The van der Waals surface area contributed by atoms with E-state index in [1.54, 1.807) is 0 Å². The zero-order chi connectivity index (χ0) is 9.28. The van der Waals surface area contributed by atoms with Crippen molar-refractivity contribution in [2.45, 2.75) is 59.1 Å². The highest BCUT2D eigenvalue weighted by Crippen LogP contribution is 2.27. The Morgan fingerprint density at radius 1 is 1.00 bits per heavy atom. The van der Waals surface area contributed by atoms with Crippen molar-refractivity contribution in [1.82, 2.24) is 0 Å². The monoisotopic (exact) mass is 176 g/mol. The molecule has 2 atom stereocenters. The second-order valence-corrected chi connectivity index (χ2v) is 3.30. The van der Waals surface area contributed by atoms with Crippen LogP contribution >= 0.6 is 12.6 Å². The summed E-state index contributed by atoms with van der Waals surface area (Å²) in [4.78, 5) is 0. The maximum atomic E-state index is 4.35. The molecule has 1 heteroatoms. The molecule has 0 N–H and O–H groups in total. The lowest BCUT2D eigenvalue weighted by molar-refractivity contribution is 0.614. The van der Waals surface area contributed by atoms with Crippen LogP contribution in [0.4, 0.5) is 0 Å². The van der Waals surface area contributed by atoms with Gasteiger partial charge < -0.3 is 0 Å². The first-order valence-corrected chi connectivity index (χ1v) is 5.48. The molecule has 0 radical (unpaired) electrons. The lowest BCUT2D eigenvalue weighted by Crippen LogP contribution is -1.88. The quantitative estimate of drug-likeness (QED) is 0.526. The summed E-state index contributed by atoms with van der Waals surface area (Å²) in [5, 5.41) is 0.718. The number of rotatable bonds is 0. The number of thiol groups is 1. The van der Waals surface area contributed by atoms with Crippen molar-refractivity contribution in [3.05, 3.63) is 0 Å². The van der Waals surface area contributed by atoms with E-state index in [0.717, 1.165) is 11.2 Å². The summed E-state index contributed by atoms with van der Waals surface area (Å²) < 4.78 is 0. The zero-order valence-corrected chi connectivity index (χ0v) is 9.62. The smallest absolute Gasteiger partial charge is 0.00194 e. The fourth-order valence-corrected chi connectivity index (χ4v) is 1.69. The molecular formula is C10H24S. The fourth-order valence-electron chi connectivity index (χ4n) is 1.18. The summed E-state index contributed by atoms with van der Waals surface area (Å²) in [5.74, 6) is 0.947. The summed E-state index contributed by atoms with van der Waals surface area (Å²) in [6.07, 6.45) is 4.07. The Hall–Kier alpha value is 0.350. The van der Waals surface area contributed by atoms with E-state index in [4.69, 9.17) is 0 Å². The Balaban J connectivity index is 0. The molecule has 0 aromatic rings. The molecule has 0 aromatic heterocycles. The molecule has 0 amide bonds. The molecule has 70 valence electrons. The molecule has 0 nitrogen and oxygen atoms in total. The van der Waals surface area contributed by atoms with Crippen LogP contribution in [-0.4, -0.2) is 5.25 Å². The minimum absolute atomic E-state index is 0.718. The first-order chi connectivity index (χ1) is 5.29. The van der Waals surface area contributed by atoms with Crippen molar-refractivity contribution in [1.29, 1.82) is 0 Å². The highest BCUT2D eigenvalue weighted by molar-refractivity contribution is 7.80. The van der Waals surface area contributed by atoms with Crippen molar-refractivity contribution in [2.75, 3.05) is 0 Å². The van der Waals surface area contributed by atoms with E-state index in [-0.39, 0.29) is 0 Å². The topological polar surface area (TPSA) is 0 Å². The summed E-state index contributed by atoms with van der Waals surface area (Å²) in [5.41, 5.74) is 0. The Morgan fingerprint density at radius 3 is 1.55 bits per heavy atom. The van der Waals surface area contributed by atoms with Gasteiger partial charge >= 0.3 is 0 Å². The molecular weight excluding hydrogens is 152 g/mol. The molecule has 1 aliphatic carbocycles. The van der Waals surface area contributed by atoms with Crippen molar-refractivity contribution in [3.63, 3.8) is 0 Å². The van der Waals surface area contributed by atoms with Crippen molar-refractivity contribution >= 4 is 12.6 Å². The van der Waals surface area contributed by atoms with Gasteiger partial charge in [0.15, 0.2) is 0 Å². The van der Waals surface area contributed by atoms with Gasteiger partial charge in [0, 0.05) is 5.25 Å². The molecule has 0 heterocycles. The Morgan fingerprint density at radius 2 is 1.45 bits per heavy atom. The molecule has 1 fully saturated rings.